The number of hydrogen-bond acceptors (Lipinski definition) is 8. The van der Waals surface area contributed by atoms with E-state index in [1.807, 2.05) is 36.4 Å². The predicted molar refractivity (Wildman–Crippen MR) is 114 cm³/mol. The standard InChI is InChI=1S/C21H26ClNO3.C2H2O4/c22-19-13-7-6-12-18(19)20(24)16-23-14-8-1-2-9-15-26-21(25)17-10-4-3-5-11-17;3-1(4)2(5)6/h3-7,10-13,20,23-24H,1-2,8-9,14-16H2;(H,3,4)(H,5,6)/p-2. The highest BCUT2D eigenvalue weighted by molar-refractivity contribution is 6.31. The number of ether oxygens (including phenoxy) is 1. The Kier molecular flexibility index (Phi) is 13.4. The maximum Gasteiger partial charge on any atom is 0.338 e. The zero-order valence-corrected chi connectivity index (χ0v) is 18.3. The molecule has 0 saturated heterocycles. The van der Waals surface area contributed by atoms with Crippen LogP contribution in [-0.4, -0.2) is 42.7 Å². The maximum absolute atomic E-state index is 11.8. The Balaban J connectivity index is 0.000000751. The van der Waals surface area contributed by atoms with Crippen LogP contribution >= 0.6 is 11.6 Å². The van der Waals surface area contributed by atoms with Crippen molar-refractivity contribution in [2.45, 2.75) is 31.8 Å². The summed E-state index contributed by atoms with van der Waals surface area (Å²) in [6, 6.07) is 16.4. The fourth-order valence-electron chi connectivity index (χ4n) is 2.62. The van der Waals surface area contributed by atoms with Gasteiger partial charge in [-0.15, -0.1) is 0 Å². The van der Waals surface area contributed by atoms with E-state index in [0.29, 0.717) is 23.7 Å². The summed E-state index contributed by atoms with van der Waals surface area (Å²) in [5.41, 5.74) is 1.34. The van der Waals surface area contributed by atoms with Gasteiger partial charge >= 0.3 is 5.97 Å². The summed E-state index contributed by atoms with van der Waals surface area (Å²) in [5.74, 6) is -4.63. The third kappa shape index (κ3) is 11.5. The van der Waals surface area contributed by atoms with Crippen LogP contribution in [0.15, 0.2) is 54.6 Å². The Morgan fingerprint density at radius 2 is 1.50 bits per heavy atom. The maximum atomic E-state index is 11.8. The van der Waals surface area contributed by atoms with Gasteiger partial charge in [-0.25, -0.2) is 4.79 Å². The van der Waals surface area contributed by atoms with Crippen molar-refractivity contribution in [3.05, 3.63) is 70.7 Å². The highest BCUT2D eigenvalue weighted by Gasteiger charge is 2.10. The molecule has 0 heterocycles. The molecule has 0 aliphatic rings. The summed E-state index contributed by atoms with van der Waals surface area (Å²) < 4.78 is 5.25. The molecular formula is C23H26ClNO7-2. The number of benzene rings is 2. The molecule has 0 aliphatic carbocycles. The van der Waals surface area contributed by atoms with Crippen molar-refractivity contribution in [3.8, 4) is 0 Å². The summed E-state index contributed by atoms with van der Waals surface area (Å²) in [7, 11) is 0. The Hall–Kier alpha value is -2.94. The first-order valence-electron chi connectivity index (χ1n) is 10.1. The number of carboxylic acid groups (broad SMARTS) is 2. The number of rotatable bonds is 11. The monoisotopic (exact) mass is 463 g/mol. The zero-order chi connectivity index (χ0) is 23.8. The van der Waals surface area contributed by atoms with E-state index >= 15 is 0 Å². The lowest BCUT2D eigenvalue weighted by Gasteiger charge is -2.13. The van der Waals surface area contributed by atoms with Gasteiger partial charge in [0, 0.05) is 17.1 Å². The number of halogens is 1. The molecule has 1 unspecified atom stereocenters. The van der Waals surface area contributed by atoms with Gasteiger partial charge in [0.1, 0.15) is 0 Å². The molecule has 0 spiro atoms. The SMILES string of the molecule is O=C(OCCCCCCNCC(O)c1ccccc1Cl)c1ccccc1.O=C([O-])C(=O)[O-]. The molecule has 0 aromatic heterocycles. The second kappa shape index (κ2) is 15.8. The molecule has 8 nitrogen and oxygen atoms in total. The summed E-state index contributed by atoms with van der Waals surface area (Å²) >= 11 is 6.07. The molecule has 2 rings (SSSR count). The van der Waals surface area contributed by atoms with Gasteiger partial charge in [-0.3, -0.25) is 0 Å². The predicted octanol–water partition coefficient (Wildman–Crippen LogP) is 0.867. The highest BCUT2D eigenvalue weighted by atomic mass is 35.5. The lowest BCUT2D eigenvalue weighted by molar-refractivity contribution is -0.345. The first-order valence-corrected chi connectivity index (χ1v) is 10.5. The number of hydrogen-bond donors (Lipinski definition) is 2. The van der Waals surface area contributed by atoms with E-state index in [1.54, 1.807) is 18.2 Å². The van der Waals surface area contributed by atoms with Crippen LogP contribution in [-0.2, 0) is 14.3 Å². The van der Waals surface area contributed by atoms with Gasteiger partial charge in [0.25, 0.3) is 0 Å². The number of aliphatic carboxylic acids is 2. The van der Waals surface area contributed by atoms with Gasteiger partial charge in [0.05, 0.1) is 30.2 Å². The number of carboxylic acids is 2. The molecule has 32 heavy (non-hydrogen) atoms. The highest BCUT2D eigenvalue weighted by Crippen LogP contribution is 2.21. The van der Waals surface area contributed by atoms with E-state index in [4.69, 9.17) is 36.1 Å². The zero-order valence-electron chi connectivity index (χ0n) is 17.5. The summed E-state index contributed by atoms with van der Waals surface area (Å²) in [6.45, 7) is 1.77. The Bertz CT molecular complexity index is 833. The molecule has 9 heteroatoms. The van der Waals surface area contributed by atoms with Gasteiger partial charge in [0.2, 0.25) is 0 Å². The number of esters is 1. The van der Waals surface area contributed by atoms with Crippen molar-refractivity contribution in [2.75, 3.05) is 19.7 Å². The minimum absolute atomic E-state index is 0.263. The molecule has 2 aromatic carbocycles. The van der Waals surface area contributed by atoms with E-state index in [2.05, 4.69) is 5.32 Å². The number of aliphatic hydroxyl groups excluding tert-OH is 1. The number of unbranched alkanes of at least 4 members (excludes halogenated alkanes) is 3. The second-order valence-corrected chi connectivity index (χ2v) is 7.14. The average molecular weight is 464 g/mol. The Labute approximate surface area is 191 Å². The van der Waals surface area contributed by atoms with Crippen molar-refractivity contribution in [2.24, 2.45) is 0 Å². The molecule has 174 valence electrons. The van der Waals surface area contributed by atoms with Crippen LogP contribution in [0.3, 0.4) is 0 Å². The smallest absolute Gasteiger partial charge is 0.338 e. The van der Waals surface area contributed by atoms with E-state index in [0.717, 1.165) is 37.8 Å². The van der Waals surface area contributed by atoms with Gasteiger partial charge in [0.15, 0.2) is 0 Å². The van der Waals surface area contributed by atoms with Crippen molar-refractivity contribution >= 4 is 29.5 Å². The molecule has 0 saturated carbocycles. The van der Waals surface area contributed by atoms with Crippen LogP contribution in [0.25, 0.3) is 0 Å². The van der Waals surface area contributed by atoms with Gasteiger partial charge < -0.3 is 35.0 Å². The Morgan fingerprint density at radius 3 is 2.12 bits per heavy atom. The minimum Gasteiger partial charge on any atom is -0.543 e. The van der Waals surface area contributed by atoms with Crippen molar-refractivity contribution in [3.63, 3.8) is 0 Å². The van der Waals surface area contributed by atoms with E-state index in [9.17, 15) is 9.90 Å². The fourth-order valence-corrected chi connectivity index (χ4v) is 2.88. The average Bonchev–Trinajstić information content (AvgIpc) is 2.78. The van der Waals surface area contributed by atoms with Crippen LogP contribution in [0.5, 0.6) is 0 Å². The van der Waals surface area contributed by atoms with Crippen LogP contribution in [0.2, 0.25) is 5.02 Å². The molecule has 2 aromatic rings. The number of aliphatic hydroxyl groups is 1. The number of carbonyl (C=O) groups is 3. The first kappa shape index (κ1) is 27.1. The largest absolute Gasteiger partial charge is 0.543 e. The van der Waals surface area contributed by atoms with Gasteiger partial charge in [-0.2, -0.15) is 0 Å². The molecule has 2 N–H and O–H groups in total. The van der Waals surface area contributed by atoms with Crippen molar-refractivity contribution < 1.29 is 34.4 Å². The minimum atomic E-state index is -2.19. The van der Waals surface area contributed by atoms with Crippen LogP contribution < -0.4 is 15.5 Å². The van der Waals surface area contributed by atoms with Gasteiger partial charge in [-0.1, -0.05) is 60.8 Å². The lowest BCUT2D eigenvalue weighted by atomic mass is 10.1. The topological polar surface area (TPSA) is 139 Å². The lowest BCUT2D eigenvalue weighted by Crippen LogP contribution is -2.42. The fraction of sp³-hybridized carbons (Fsp3) is 0.348. The van der Waals surface area contributed by atoms with Crippen LogP contribution in [0.4, 0.5) is 0 Å². The van der Waals surface area contributed by atoms with Crippen LogP contribution in [0, 0.1) is 0 Å². The third-order valence-corrected chi connectivity index (χ3v) is 4.60. The third-order valence-electron chi connectivity index (χ3n) is 4.26. The van der Waals surface area contributed by atoms with Crippen molar-refractivity contribution in [1.82, 2.24) is 5.32 Å². The first-order chi connectivity index (χ1) is 15.3. The molecule has 1 atom stereocenters. The molecule has 0 bridgehead atoms. The second-order valence-electron chi connectivity index (χ2n) is 6.73. The van der Waals surface area contributed by atoms with Crippen LogP contribution in [0.1, 0.15) is 47.7 Å². The van der Waals surface area contributed by atoms with Gasteiger partial charge in [-0.05, 0) is 37.6 Å². The molecule has 0 aliphatic heterocycles. The number of carbonyl (C=O) groups excluding carboxylic acids is 3. The quantitative estimate of drug-likeness (QED) is 0.284. The molecule has 0 fully saturated rings. The molecule has 0 radical (unpaired) electrons. The summed E-state index contributed by atoms with van der Waals surface area (Å²) in [4.78, 5) is 29.6. The van der Waals surface area contributed by atoms with E-state index in [1.165, 1.54) is 0 Å². The van der Waals surface area contributed by atoms with E-state index < -0.39 is 18.0 Å². The summed E-state index contributed by atoms with van der Waals surface area (Å²) in [6.07, 6.45) is 3.35. The molecular weight excluding hydrogens is 438 g/mol. The normalized spacial score (nSPS) is 11.1. The molecule has 0 amide bonds. The number of nitrogens with one attached hydrogen (secondary N) is 1. The van der Waals surface area contributed by atoms with Crippen molar-refractivity contribution in [1.29, 1.82) is 0 Å². The Morgan fingerprint density at radius 1 is 0.906 bits per heavy atom. The van der Waals surface area contributed by atoms with E-state index in [-0.39, 0.29) is 5.97 Å². The summed E-state index contributed by atoms with van der Waals surface area (Å²) in [5, 5.41) is 31.8.